The van der Waals surface area contributed by atoms with E-state index in [0.29, 0.717) is 16.0 Å². The number of nitriles is 1. The summed E-state index contributed by atoms with van der Waals surface area (Å²) in [6.45, 7) is 1.53. The van der Waals surface area contributed by atoms with Gasteiger partial charge < -0.3 is 5.73 Å². The quantitative estimate of drug-likeness (QED) is 0.651. The zero-order chi connectivity index (χ0) is 17.9. The maximum absolute atomic E-state index is 14.4. The first kappa shape index (κ1) is 18.1. The Hall–Kier alpha value is -2.24. The van der Waals surface area contributed by atoms with Crippen molar-refractivity contribution in [2.24, 2.45) is 10.7 Å². The van der Waals surface area contributed by atoms with Gasteiger partial charge in [-0.3, -0.25) is 4.99 Å². The first-order chi connectivity index (χ1) is 11.2. The molecule has 0 saturated carbocycles. The second-order valence-electron chi connectivity index (χ2n) is 5.39. The molecule has 1 heterocycles. The number of nitrogens with zero attached hydrogens (tertiary/aromatic N) is 2. The highest BCUT2D eigenvalue weighted by atomic mass is 32.2. The summed E-state index contributed by atoms with van der Waals surface area (Å²) in [5.41, 5.74) is 6.71. The van der Waals surface area contributed by atoms with E-state index < -0.39 is 21.7 Å². The number of hydrogen-bond donors (Lipinski definition) is 1. The summed E-state index contributed by atoms with van der Waals surface area (Å²) in [7, 11) is -3.37. The first-order valence-corrected chi connectivity index (χ1v) is 9.84. The lowest BCUT2D eigenvalue weighted by atomic mass is 10.1. The number of nitrogens with two attached hydrogens (primary N) is 1. The third-order valence-corrected chi connectivity index (χ3v) is 5.29. The normalized spacial score (nSPS) is 13.5. The van der Waals surface area contributed by atoms with Gasteiger partial charge in [0.05, 0.1) is 28.1 Å². The van der Waals surface area contributed by atoms with E-state index in [-0.39, 0.29) is 16.5 Å². The number of thiophene rings is 1. The SMILES string of the molecule is CC(N)=NC(CS(C)(=O)=O)c1sc(-c2cccc(C#N)c2)cc1F. The Bertz CT molecular complexity index is 923. The van der Waals surface area contributed by atoms with Crippen LogP contribution in [0.1, 0.15) is 23.4 Å². The molecule has 0 radical (unpaired) electrons. The molecule has 5 nitrogen and oxygen atoms in total. The van der Waals surface area contributed by atoms with Crippen molar-refractivity contribution in [2.75, 3.05) is 12.0 Å². The van der Waals surface area contributed by atoms with Crippen LogP contribution in [-0.4, -0.2) is 26.3 Å². The van der Waals surface area contributed by atoms with Crippen LogP contribution in [0, 0.1) is 17.1 Å². The maximum Gasteiger partial charge on any atom is 0.149 e. The summed E-state index contributed by atoms with van der Waals surface area (Å²) in [6, 6.07) is 9.25. The second-order valence-corrected chi connectivity index (χ2v) is 8.66. The van der Waals surface area contributed by atoms with E-state index in [9.17, 15) is 12.8 Å². The number of hydrogen-bond acceptors (Lipinski definition) is 5. The standard InChI is InChI=1S/C16H16FN3O2S2/c1-10(19)20-14(9-24(2,21)22)16-13(17)7-15(23-16)12-5-3-4-11(6-12)8-18/h3-7,14H,9H2,1-2H3,(H2,19,20). The smallest absolute Gasteiger partial charge is 0.149 e. The highest BCUT2D eigenvalue weighted by molar-refractivity contribution is 7.90. The third kappa shape index (κ3) is 4.63. The Labute approximate surface area is 144 Å². The molecule has 24 heavy (non-hydrogen) atoms. The molecule has 8 heteroatoms. The molecule has 1 unspecified atom stereocenters. The number of aliphatic imine (C=N–C) groups is 1. The van der Waals surface area contributed by atoms with Gasteiger partial charge in [-0.2, -0.15) is 5.26 Å². The monoisotopic (exact) mass is 365 g/mol. The molecule has 2 N–H and O–H groups in total. The van der Waals surface area contributed by atoms with E-state index >= 15 is 0 Å². The molecule has 0 bridgehead atoms. The summed E-state index contributed by atoms with van der Waals surface area (Å²) < 4.78 is 37.6. The van der Waals surface area contributed by atoms with Crippen LogP contribution in [0.4, 0.5) is 4.39 Å². The molecule has 1 aromatic heterocycles. The largest absolute Gasteiger partial charge is 0.388 e. The van der Waals surface area contributed by atoms with Crippen LogP contribution >= 0.6 is 11.3 Å². The second kappa shape index (κ2) is 7.11. The molecule has 1 atom stereocenters. The van der Waals surface area contributed by atoms with Gasteiger partial charge in [0.2, 0.25) is 0 Å². The number of rotatable bonds is 5. The Morgan fingerprint density at radius 1 is 1.46 bits per heavy atom. The Balaban J connectivity index is 2.48. The molecule has 1 aromatic carbocycles. The van der Waals surface area contributed by atoms with E-state index in [1.165, 1.54) is 13.0 Å². The van der Waals surface area contributed by atoms with Crippen molar-refractivity contribution in [3.05, 3.63) is 46.6 Å². The van der Waals surface area contributed by atoms with Crippen molar-refractivity contribution in [2.45, 2.75) is 13.0 Å². The van der Waals surface area contributed by atoms with E-state index in [0.717, 1.165) is 17.6 Å². The molecule has 0 spiro atoms. The third-order valence-electron chi connectivity index (χ3n) is 3.11. The first-order valence-electron chi connectivity index (χ1n) is 6.97. The average molecular weight is 365 g/mol. The van der Waals surface area contributed by atoms with E-state index in [1.807, 2.05) is 6.07 Å². The fourth-order valence-corrected chi connectivity index (χ4v) is 4.19. The van der Waals surface area contributed by atoms with E-state index in [2.05, 4.69) is 4.99 Å². The summed E-state index contributed by atoms with van der Waals surface area (Å²) in [5.74, 6) is -0.670. The van der Waals surface area contributed by atoms with Crippen molar-refractivity contribution >= 4 is 27.0 Å². The van der Waals surface area contributed by atoms with Gasteiger partial charge in [0.25, 0.3) is 0 Å². The minimum atomic E-state index is -3.37. The zero-order valence-corrected chi connectivity index (χ0v) is 14.8. The predicted octanol–water partition coefficient (Wildman–Crippen LogP) is 2.89. The molecule has 0 aliphatic carbocycles. The minimum Gasteiger partial charge on any atom is -0.388 e. The predicted molar refractivity (Wildman–Crippen MR) is 94.2 cm³/mol. The highest BCUT2D eigenvalue weighted by Crippen LogP contribution is 2.36. The molecule has 0 amide bonds. The van der Waals surface area contributed by atoms with Crippen molar-refractivity contribution in [1.29, 1.82) is 5.26 Å². The lowest BCUT2D eigenvalue weighted by Crippen LogP contribution is -2.16. The summed E-state index contributed by atoms with van der Waals surface area (Å²) in [6.07, 6.45) is 1.07. The van der Waals surface area contributed by atoms with Crippen molar-refractivity contribution < 1.29 is 12.8 Å². The number of amidine groups is 1. The van der Waals surface area contributed by atoms with Crippen LogP contribution in [0.5, 0.6) is 0 Å². The van der Waals surface area contributed by atoms with Crippen molar-refractivity contribution in [1.82, 2.24) is 0 Å². The summed E-state index contributed by atoms with van der Waals surface area (Å²) in [5, 5.41) is 8.96. The molecule has 0 fully saturated rings. The van der Waals surface area contributed by atoms with Crippen LogP contribution in [0.25, 0.3) is 10.4 Å². The Morgan fingerprint density at radius 3 is 2.75 bits per heavy atom. The molecule has 126 valence electrons. The lowest BCUT2D eigenvalue weighted by molar-refractivity contribution is 0.585. The Kier molecular flexibility index (Phi) is 5.36. The fourth-order valence-electron chi connectivity index (χ4n) is 2.20. The number of halogens is 1. The molecule has 0 aliphatic heterocycles. The van der Waals surface area contributed by atoms with Gasteiger partial charge in [0.1, 0.15) is 21.7 Å². The van der Waals surface area contributed by atoms with Crippen LogP contribution in [0.3, 0.4) is 0 Å². The molecular formula is C16H16FN3O2S2. The molecule has 0 aliphatic rings. The van der Waals surface area contributed by atoms with Gasteiger partial charge >= 0.3 is 0 Å². The Morgan fingerprint density at radius 2 is 2.17 bits per heavy atom. The van der Waals surface area contributed by atoms with Gasteiger partial charge in [0, 0.05) is 11.1 Å². The lowest BCUT2D eigenvalue weighted by Gasteiger charge is -2.10. The highest BCUT2D eigenvalue weighted by Gasteiger charge is 2.23. The topological polar surface area (TPSA) is 96.3 Å². The molecule has 2 aromatic rings. The zero-order valence-electron chi connectivity index (χ0n) is 13.2. The van der Waals surface area contributed by atoms with Gasteiger partial charge in [-0.05, 0) is 30.7 Å². The van der Waals surface area contributed by atoms with Gasteiger partial charge in [-0.1, -0.05) is 12.1 Å². The van der Waals surface area contributed by atoms with Gasteiger partial charge in [-0.25, -0.2) is 12.8 Å². The number of sulfone groups is 1. The maximum atomic E-state index is 14.4. The average Bonchev–Trinajstić information content (AvgIpc) is 2.87. The fraction of sp³-hybridized carbons (Fsp3) is 0.250. The van der Waals surface area contributed by atoms with Gasteiger partial charge in [-0.15, -0.1) is 11.3 Å². The molecular weight excluding hydrogens is 349 g/mol. The van der Waals surface area contributed by atoms with E-state index in [1.54, 1.807) is 24.3 Å². The van der Waals surface area contributed by atoms with E-state index in [4.69, 9.17) is 11.0 Å². The van der Waals surface area contributed by atoms with Crippen molar-refractivity contribution in [3.63, 3.8) is 0 Å². The van der Waals surface area contributed by atoms with Crippen LogP contribution in [-0.2, 0) is 9.84 Å². The van der Waals surface area contributed by atoms with Crippen molar-refractivity contribution in [3.8, 4) is 16.5 Å². The van der Waals surface area contributed by atoms with Crippen LogP contribution in [0.15, 0.2) is 35.3 Å². The van der Waals surface area contributed by atoms with Crippen LogP contribution < -0.4 is 5.73 Å². The minimum absolute atomic E-state index is 0.185. The summed E-state index contributed by atoms with van der Waals surface area (Å²) >= 11 is 1.11. The van der Waals surface area contributed by atoms with Crippen LogP contribution in [0.2, 0.25) is 0 Å². The molecule has 0 saturated heterocycles. The molecule has 2 rings (SSSR count). The number of benzene rings is 1. The summed E-state index contributed by atoms with van der Waals surface area (Å²) in [4.78, 5) is 4.88. The van der Waals surface area contributed by atoms with Gasteiger partial charge in [0.15, 0.2) is 0 Å².